The molecule has 3 aromatic heterocycles. The first-order chi connectivity index (χ1) is 9.24. The third-order valence-corrected chi connectivity index (χ3v) is 3.37. The maximum absolute atomic E-state index is 5.99. The topological polar surface area (TPSA) is 55.1 Å². The summed E-state index contributed by atoms with van der Waals surface area (Å²) in [6.45, 7) is 0.600. The highest BCUT2D eigenvalue weighted by Gasteiger charge is 2.05. The molecule has 0 amide bonds. The van der Waals surface area contributed by atoms with Crippen LogP contribution >= 0.6 is 27.5 Å². The Hall–Kier alpha value is -1.66. The molecule has 19 heavy (non-hydrogen) atoms. The predicted molar refractivity (Wildman–Crippen MR) is 77.3 cm³/mol. The standard InChI is InChI=1S/C12H9BrClN5/c13-10-7-19-8(5-18-11(19)6-17-10)4-16-9-2-1-3-15-12(9)14/h1-3,5-7,16H,4H2. The summed E-state index contributed by atoms with van der Waals surface area (Å²) in [6.07, 6.45) is 7.06. The highest BCUT2D eigenvalue weighted by Crippen LogP contribution is 2.19. The number of hydrogen-bond acceptors (Lipinski definition) is 4. The molecule has 0 saturated heterocycles. The fourth-order valence-electron chi connectivity index (χ4n) is 1.75. The Bertz CT molecular complexity index is 727. The molecule has 3 aromatic rings. The van der Waals surface area contributed by atoms with E-state index in [0.29, 0.717) is 11.7 Å². The van der Waals surface area contributed by atoms with Crippen molar-refractivity contribution in [1.82, 2.24) is 19.4 Å². The van der Waals surface area contributed by atoms with Crippen LogP contribution in [0.25, 0.3) is 5.65 Å². The van der Waals surface area contributed by atoms with Crippen molar-refractivity contribution in [2.24, 2.45) is 0 Å². The van der Waals surface area contributed by atoms with Gasteiger partial charge in [-0.1, -0.05) is 11.6 Å². The predicted octanol–water partition coefficient (Wildman–Crippen LogP) is 3.15. The molecule has 0 fully saturated rings. The first kappa shape index (κ1) is 12.4. The van der Waals surface area contributed by atoms with Crippen molar-refractivity contribution in [3.63, 3.8) is 0 Å². The van der Waals surface area contributed by atoms with Crippen LogP contribution in [0.3, 0.4) is 0 Å². The number of nitrogens with zero attached hydrogens (tertiary/aromatic N) is 4. The van der Waals surface area contributed by atoms with Gasteiger partial charge in [0.2, 0.25) is 0 Å². The van der Waals surface area contributed by atoms with E-state index >= 15 is 0 Å². The van der Waals surface area contributed by atoms with Gasteiger partial charge in [0.05, 0.1) is 30.3 Å². The molecule has 96 valence electrons. The molecule has 0 aliphatic rings. The number of halogens is 2. The fraction of sp³-hybridized carbons (Fsp3) is 0.0833. The lowest BCUT2D eigenvalue weighted by Crippen LogP contribution is -2.03. The zero-order chi connectivity index (χ0) is 13.2. The molecule has 5 nitrogen and oxygen atoms in total. The molecule has 0 unspecified atom stereocenters. The second-order valence-corrected chi connectivity index (χ2v) is 5.05. The smallest absolute Gasteiger partial charge is 0.155 e. The Morgan fingerprint density at radius 1 is 1.26 bits per heavy atom. The van der Waals surface area contributed by atoms with E-state index in [-0.39, 0.29) is 0 Å². The molecule has 3 rings (SSSR count). The van der Waals surface area contributed by atoms with Gasteiger partial charge in [0.15, 0.2) is 10.8 Å². The molecule has 0 radical (unpaired) electrons. The summed E-state index contributed by atoms with van der Waals surface area (Å²) >= 11 is 9.34. The van der Waals surface area contributed by atoms with E-state index in [1.54, 1.807) is 18.6 Å². The van der Waals surface area contributed by atoms with Gasteiger partial charge in [-0.15, -0.1) is 0 Å². The van der Waals surface area contributed by atoms with Crippen LogP contribution in [0.1, 0.15) is 5.69 Å². The molecule has 0 spiro atoms. The van der Waals surface area contributed by atoms with Gasteiger partial charge in [0, 0.05) is 12.4 Å². The van der Waals surface area contributed by atoms with Crippen molar-refractivity contribution >= 4 is 38.9 Å². The van der Waals surface area contributed by atoms with E-state index in [9.17, 15) is 0 Å². The largest absolute Gasteiger partial charge is 0.377 e. The van der Waals surface area contributed by atoms with E-state index in [4.69, 9.17) is 11.6 Å². The summed E-state index contributed by atoms with van der Waals surface area (Å²) in [5.41, 5.74) is 2.61. The van der Waals surface area contributed by atoms with E-state index in [2.05, 4.69) is 36.2 Å². The second-order valence-electron chi connectivity index (χ2n) is 3.88. The molecule has 0 bridgehead atoms. The van der Waals surface area contributed by atoms with E-state index < -0.39 is 0 Å². The molecule has 3 heterocycles. The van der Waals surface area contributed by atoms with Crippen molar-refractivity contribution in [3.05, 3.63) is 52.4 Å². The normalized spacial score (nSPS) is 10.8. The molecule has 0 aliphatic carbocycles. The van der Waals surface area contributed by atoms with Gasteiger partial charge in [-0.3, -0.25) is 4.40 Å². The molecular formula is C12H9BrClN5. The number of hydrogen-bond donors (Lipinski definition) is 1. The molecule has 0 aliphatic heterocycles. The van der Waals surface area contributed by atoms with Crippen LogP contribution < -0.4 is 5.32 Å². The second kappa shape index (κ2) is 5.14. The SMILES string of the molecule is Clc1ncccc1NCc1cnc2cnc(Br)cn12. The molecule has 0 saturated carbocycles. The average molecular weight is 339 g/mol. The number of imidazole rings is 1. The summed E-state index contributed by atoms with van der Waals surface area (Å²) in [5, 5.41) is 3.69. The summed E-state index contributed by atoms with van der Waals surface area (Å²) in [5.74, 6) is 0. The zero-order valence-electron chi connectivity index (χ0n) is 9.72. The van der Waals surface area contributed by atoms with Gasteiger partial charge in [-0.25, -0.2) is 15.0 Å². The van der Waals surface area contributed by atoms with Gasteiger partial charge in [0.25, 0.3) is 0 Å². The van der Waals surface area contributed by atoms with E-state index in [1.807, 2.05) is 22.7 Å². The molecule has 0 aromatic carbocycles. The fourth-order valence-corrected chi connectivity index (χ4v) is 2.24. The Kier molecular flexibility index (Phi) is 3.35. The van der Waals surface area contributed by atoms with Gasteiger partial charge in [-0.05, 0) is 28.1 Å². The first-order valence-electron chi connectivity index (χ1n) is 5.56. The minimum Gasteiger partial charge on any atom is -0.377 e. The number of anilines is 1. The molecule has 0 atom stereocenters. The van der Waals surface area contributed by atoms with Crippen molar-refractivity contribution in [2.45, 2.75) is 6.54 Å². The maximum atomic E-state index is 5.99. The van der Waals surface area contributed by atoms with Gasteiger partial charge < -0.3 is 5.32 Å². The Balaban J connectivity index is 1.86. The number of pyridine rings is 1. The highest BCUT2D eigenvalue weighted by molar-refractivity contribution is 9.10. The molecule has 7 heteroatoms. The summed E-state index contributed by atoms with van der Waals surface area (Å²) in [7, 11) is 0. The van der Waals surface area contributed by atoms with Crippen LogP contribution in [-0.2, 0) is 6.54 Å². The monoisotopic (exact) mass is 337 g/mol. The van der Waals surface area contributed by atoms with E-state index in [0.717, 1.165) is 21.6 Å². The summed E-state index contributed by atoms with van der Waals surface area (Å²) in [4.78, 5) is 12.4. The van der Waals surface area contributed by atoms with Crippen LogP contribution in [0.15, 0.2) is 41.5 Å². The lowest BCUT2D eigenvalue weighted by Gasteiger charge is -2.07. The number of fused-ring (bicyclic) bond motifs is 1. The minimum absolute atomic E-state index is 0.458. The number of nitrogens with one attached hydrogen (secondary N) is 1. The van der Waals surface area contributed by atoms with Gasteiger partial charge >= 0.3 is 0 Å². The third kappa shape index (κ3) is 2.54. The van der Waals surface area contributed by atoms with Gasteiger partial charge in [0.1, 0.15) is 4.60 Å². The number of aromatic nitrogens is 4. The van der Waals surface area contributed by atoms with E-state index in [1.165, 1.54) is 0 Å². The van der Waals surface area contributed by atoms with Crippen molar-refractivity contribution in [2.75, 3.05) is 5.32 Å². The molecule has 1 N–H and O–H groups in total. The molecular weight excluding hydrogens is 330 g/mol. The summed E-state index contributed by atoms with van der Waals surface area (Å²) in [6, 6.07) is 3.72. The average Bonchev–Trinajstić information content (AvgIpc) is 2.80. The van der Waals surface area contributed by atoms with Crippen molar-refractivity contribution in [3.8, 4) is 0 Å². The zero-order valence-corrected chi connectivity index (χ0v) is 12.1. The lowest BCUT2D eigenvalue weighted by atomic mass is 10.4. The van der Waals surface area contributed by atoms with Crippen LogP contribution in [0, 0.1) is 0 Å². The minimum atomic E-state index is 0.458. The Labute approximate surface area is 122 Å². The van der Waals surface area contributed by atoms with Crippen LogP contribution in [0.4, 0.5) is 5.69 Å². The van der Waals surface area contributed by atoms with Crippen molar-refractivity contribution in [1.29, 1.82) is 0 Å². The third-order valence-electron chi connectivity index (χ3n) is 2.66. The Morgan fingerprint density at radius 2 is 2.16 bits per heavy atom. The number of rotatable bonds is 3. The van der Waals surface area contributed by atoms with Gasteiger partial charge in [-0.2, -0.15) is 0 Å². The van der Waals surface area contributed by atoms with Crippen LogP contribution in [0.2, 0.25) is 5.15 Å². The Morgan fingerprint density at radius 3 is 3.00 bits per heavy atom. The maximum Gasteiger partial charge on any atom is 0.155 e. The first-order valence-corrected chi connectivity index (χ1v) is 6.73. The lowest BCUT2D eigenvalue weighted by molar-refractivity contribution is 0.982. The summed E-state index contributed by atoms with van der Waals surface area (Å²) < 4.78 is 2.73. The van der Waals surface area contributed by atoms with Crippen LogP contribution in [0.5, 0.6) is 0 Å². The highest BCUT2D eigenvalue weighted by atomic mass is 79.9. The van der Waals surface area contributed by atoms with Crippen LogP contribution in [-0.4, -0.2) is 19.4 Å². The quantitative estimate of drug-likeness (QED) is 0.745. The van der Waals surface area contributed by atoms with Crippen molar-refractivity contribution < 1.29 is 0 Å².